The molecule has 0 heterocycles. The van der Waals surface area contributed by atoms with Crippen LogP contribution in [0.2, 0.25) is 0 Å². The van der Waals surface area contributed by atoms with E-state index in [1.807, 2.05) is 0 Å². The highest BCUT2D eigenvalue weighted by Gasteiger charge is 2.28. The van der Waals surface area contributed by atoms with Crippen molar-refractivity contribution in [3.05, 3.63) is 12.2 Å². The number of carboxylic acids is 3. The van der Waals surface area contributed by atoms with Gasteiger partial charge in [0, 0.05) is 12.4 Å². The van der Waals surface area contributed by atoms with Gasteiger partial charge in [-0.15, -0.1) is 0 Å². The Labute approximate surface area is 232 Å². The second kappa shape index (κ2) is 25.4. The van der Waals surface area contributed by atoms with Gasteiger partial charge in [-0.2, -0.15) is 0 Å². The highest BCUT2D eigenvalue weighted by molar-refractivity contribution is 5.67. The molecule has 0 bridgehead atoms. The molecule has 0 unspecified atom stereocenters. The minimum Gasteiger partial charge on any atom is -0.550 e. The summed E-state index contributed by atoms with van der Waals surface area (Å²) in [6.45, 7) is 3.60. The van der Waals surface area contributed by atoms with Crippen molar-refractivity contribution in [1.29, 1.82) is 0 Å². The average Bonchev–Trinajstić information content (AvgIpc) is 2.88. The van der Waals surface area contributed by atoms with Crippen molar-refractivity contribution in [2.45, 2.75) is 142 Å². The van der Waals surface area contributed by atoms with E-state index in [1.54, 1.807) is 0 Å². The van der Waals surface area contributed by atoms with Gasteiger partial charge in [0.1, 0.15) is 0 Å². The number of aliphatic carboxylic acids is 3. The predicted octanol–water partition coefficient (Wildman–Crippen LogP) is 6.49. The van der Waals surface area contributed by atoms with Crippen LogP contribution in [0.5, 0.6) is 0 Å². The Balaban J connectivity index is 3.92. The van der Waals surface area contributed by atoms with Crippen LogP contribution in [0.1, 0.15) is 142 Å². The molecule has 0 aliphatic carbocycles. The SMILES string of the molecule is CCCCCCCCC/C=C/CCCCCCCCCCC[N+](CCC(=O)[O-])(CCC(=O)O)CCC(=O)O. The second-order valence-electron chi connectivity index (χ2n) is 11.0. The third kappa shape index (κ3) is 24.4. The number of hydrogen-bond acceptors (Lipinski definition) is 4. The summed E-state index contributed by atoms with van der Waals surface area (Å²) in [5.41, 5.74) is 0. The van der Waals surface area contributed by atoms with Gasteiger partial charge in [0.25, 0.3) is 0 Å². The van der Waals surface area contributed by atoms with E-state index in [1.165, 1.54) is 96.3 Å². The van der Waals surface area contributed by atoms with E-state index in [4.69, 9.17) is 10.2 Å². The lowest BCUT2D eigenvalue weighted by atomic mass is 10.1. The average molecular weight is 540 g/mol. The fraction of sp³-hybridized carbons (Fsp3) is 0.839. The van der Waals surface area contributed by atoms with Crippen LogP contribution in [-0.2, 0) is 14.4 Å². The molecule has 0 saturated carbocycles. The summed E-state index contributed by atoms with van der Waals surface area (Å²) in [5.74, 6) is -3.08. The van der Waals surface area contributed by atoms with Crippen LogP contribution in [-0.4, -0.2) is 58.8 Å². The summed E-state index contributed by atoms with van der Waals surface area (Å²) < 4.78 is 0.222. The standard InChI is InChI=1S/C31H57NO6/c1-2-3-4-5-6-7-8-9-10-11-12-13-14-15-16-17-18-19-20-21-25-32(26-22-29(33)34,27-23-30(35)36)28-24-31(37)38/h10-11H,2-9,12-28H2,1H3,(H2-,33,34,35,36,37,38)/b11-10+. The highest BCUT2D eigenvalue weighted by Crippen LogP contribution is 2.17. The summed E-state index contributed by atoms with van der Waals surface area (Å²) in [7, 11) is 0. The fourth-order valence-corrected chi connectivity index (χ4v) is 5.07. The largest absolute Gasteiger partial charge is 0.550 e. The quantitative estimate of drug-likeness (QED) is 0.0638. The van der Waals surface area contributed by atoms with Gasteiger partial charge in [-0.05, 0) is 38.5 Å². The highest BCUT2D eigenvalue weighted by atomic mass is 16.4. The minimum atomic E-state index is -1.18. The number of carbonyl (C=O) groups excluding carboxylic acids is 1. The van der Waals surface area contributed by atoms with Crippen LogP contribution in [0.25, 0.3) is 0 Å². The van der Waals surface area contributed by atoms with Gasteiger partial charge in [0.2, 0.25) is 0 Å². The van der Waals surface area contributed by atoms with E-state index in [0.29, 0.717) is 6.54 Å². The molecule has 2 N–H and O–H groups in total. The van der Waals surface area contributed by atoms with E-state index in [2.05, 4.69) is 19.1 Å². The molecule has 7 nitrogen and oxygen atoms in total. The first-order valence-corrected chi connectivity index (χ1v) is 15.4. The number of allylic oxidation sites excluding steroid dienone is 2. The summed E-state index contributed by atoms with van der Waals surface area (Å²) in [6, 6.07) is 0. The van der Waals surface area contributed by atoms with Crippen molar-refractivity contribution >= 4 is 17.9 Å². The first kappa shape index (κ1) is 36.1. The Kier molecular flexibility index (Phi) is 24.1. The topological polar surface area (TPSA) is 115 Å². The Bertz CT molecular complexity index is 588. The normalized spacial score (nSPS) is 11.8. The monoisotopic (exact) mass is 539 g/mol. The van der Waals surface area contributed by atoms with Crippen LogP contribution in [0.15, 0.2) is 12.2 Å². The van der Waals surface area contributed by atoms with E-state index >= 15 is 0 Å². The minimum absolute atomic E-state index is 0.0956. The fourth-order valence-electron chi connectivity index (χ4n) is 5.07. The van der Waals surface area contributed by atoms with Gasteiger partial charge in [-0.25, -0.2) is 0 Å². The van der Waals surface area contributed by atoms with E-state index in [-0.39, 0.29) is 43.4 Å². The van der Waals surface area contributed by atoms with Crippen molar-refractivity contribution in [2.24, 2.45) is 0 Å². The second-order valence-corrected chi connectivity index (χ2v) is 11.0. The summed E-state index contributed by atoms with van der Waals surface area (Å²) >= 11 is 0. The maximum absolute atomic E-state index is 11.1. The lowest BCUT2D eigenvalue weighted by molar-refractivity contribution is -0.927. The molecule has 0 aliphatic heterocycles. The van der Waals surface area contributed by atoms with E-state index < -0.39 is 17.9 Å². The van der Waals surface area contributed by atoms with Gasteiger partial charge in [0.15, 0.2) is 0 Å². The molecule has 222 valence electrons. The van der Waals surface area contributed by atoms with Crippen molar-refractivity contribution in [3.8, 4) is 0 Å². The molecule has 7 heteroatoms. The Morgan fingerprint density at radius 2 is 0.921 bits per heavy atom. The number of carboxylic acid groups (broad SMARTS) is 3. The first-order chi connectivity index (χ1) is 18.3. The first-order valence-electron chi connectivity index (χ1n) is 15.4. The summed E-state index contributed by atoms with van der Waals surface area (Å²) in [5, 5.41) is 29.3. The van der Waals surface area contributed by atoms with Crippen molar-refractivity contribution in [3.63, 3.8) is 0 Å². The van der Waals surface area contributed by atoms with Crippen LogP contribution in [0.3, 0.4) is 0 Å². The Hall–Kier alpha value is -1.89. The molecule has 0 saturated heterocycles. The molecule has 0 aromatic carbocycles. The molecule has 0 atom stereocenters. The lowest BCUT2D eigenvalue weighted by Crippen LogP contribution is -2.53. The third-order valence-corrected chi connectivity index (χ3v) is 7.53. The molecule has 0 amide bonds. The van der Waals surface area contributed by atoms with Crippen molar-refractivity contribution < 1.29 is 34.2 Å². The summed E-state index contributed by atoms with van der Waals surface area (Å²) in [4.78, 5) is 33.3. The van der Waals surface area contributed by atoms with Crippen LogP contribution in [0, 0.1) is 0 Å². The maximum Gasteiger partial charge on any atom is 0.309 e. The van der Waals surface area contributed by atoms with Gasteiger partial charge in [-0.3, -0.25) is 9.59 Å². The smallest absolute Gasteiger partial charge is 0.309 e. The van der Waals surface area contributed by atoms with Gasteiger partial charge in [0.05, 0.1) is 39.0 Å². The van der Waals surface area contributed by atoms with Gasteiger partial charge >= 0.3 is 11.9 Å². The molecule has 0 aromatic heterocycles. The zero-order valence-corrected chi connectivity index (χ0v) is 24.3. The zero-order valence-electron chi connectivity index (χ0n) is 24.3. The Morgan fingerprint density at radius 3 is 1.32 bits per heavy atom. The predicted molar refractivity (Wildman–Crippen MR) is 152 cm³/mol. The molecule has 0 spiro atoms. The lowest BCUT2D eigenvalue weighted by Gasteiger charge is -2.38. The van der Waals surface area contributed by atoms with Crippen molar-refractivity contribution in [1.82, 2.24) is 0 Å². The van der Waals surface area contributed by atoms with E-state index in [9.17, 15) is 19.5 Å². The number of unbranched alkanes of at least 4 members (excludes halogenated alkanes) is 16. The number of rotatable bonds is 29. The molecular weight excluding hydrogens is 482 g/mol. The van der Waals surface area contributed by atoms with Crippen LogP contribution < -0.4 is 5.11 Å². The summed E-state index contributed by atoms with van der Waals surface area (Å²) in [6.07, 6.45) is 26.7. The molecule has 0 rings (SSSR count). The number of quaternary nitrogens is 1. The molecule has 0 aromatic rings. The Morgan fingerprint density at radius 1 is 0.553 bits per heavy atom. The zero-order chi connectivity index (χ0) is 28.3. The molecule has 0 radical (unpaired) electrons. The molecule has 38 heavy (non-hydrogen) atoms. The number of nitrogens with zero attached hydrogens (tertiary/aromatic N) is 1. The maximum atomic E-state index is 11.1. The molecular formula is C31H57NO6. The number of hydrogen-bond donors (Lipinski definition) is 2. The number of carbonyl (C=O) groups is 3. The van der Waals surface area contributed by atoms with E-state index in [0.717, 1.165) is 19.3 Å². The molecule has 0 aliphatic rings. The van der Waals surface area contributed by atoms with Crippen LogP contribution in [0.4, 0.5) is 0 Å². The third-order valence-electron chi connectivity index (χ3n) is 7.53. The van der Waals surface area contributed by atoms with Gasteiger partial charge in [-0.1, -0.05) is 96.1 Å². The molecule has 0 fully saturated rings. The van der Waals surface area contributed by atoms with Crippen LogP contribution >= 0.6 is 0 Å². The van der Waals surface area contributed by atoms with Crippen molar-refractivity contribution in [2.75, 3.05) is 26.2 Å². The van der Waals surface area contributed by atoms with Gasteiger partial charge < -0.3 is 24.6 Å².